The predicted octanol–water partition coefficient (Wildman–Crippen LogP) is 4.48. The molecule has 2 aliphatic rings. The van der Waals surface area contributed by atoms with E-state index in [1.54, 1.807) is 0 Å². The van der Waals surface area contributed by atoms with E-state index in [9.17, 15) is 20.7 Å². The van der Waals surface area contributed by atoms with Gasteiger partial charge in [0.15, 0.2) is 0 Å². The first-order chi connectivity index (χ1) is 15.0. The third kappa shape index (κ3) is 6.14. The molecule has 0 aliphatic heterocycles. The molecule has 0 aromatic carbocycles. The number of carbonyl (C=O) groups is 2. The molecule has 0 amide bonds. The zero-order chi connectivity index (χ0) is 24.1. The van der Waals surface area contributed by atoms with Crippen molar-refractivity contribution in [2.24, 2.45) is 29.1 Å². The summed E-state index contributed by atoms with van der Waals surface area (Å²) in [5.74, 6) is -0.675. The first kappa shape index (κ1) is 26.0. The molecule has 0 heterocycles. The number of esters is 2. The van der Waals surface area contributed by atoms with Crippen LogP contribution in [0, 0.1) is 29.1 Å². The quantitative estimate of drug-likeness (QED) is 0.247. The Morgan fingerprint density at radius 2 is 1.56 bits per heavy atom. The van der Waals surface area contributed by atoms with Crippen LogP contribution < -0.4 is 0 Å². The van der Waals surface area contributed by atoms with E-state index in [1.807, 2.05) is 0 Å². The fourth-order valence-corrected chi connectivity index (χ4v) is 5.10. The number of nitrogens with zero attached hydrogens (tertiary/aromatic N) is 4. The normalized spacial score (nSPS) is 30.2. The average Bonchev–Trinajstić information content (AvgIpc) is 2.71. The van der Waals surface area contributed by atoms with Crippen molar-refractivity contribution in [1.29, 1.82) is 0 Å². The molecule has 0 bridgehead atoms. The maximum Gasteiger partial charge on any atom is 0.494 e. The van der Waals surface area contributed by atoms with Gasteiger partial charge in [-0.25, -0.2) is 9.59 Å². The monoisotopic (exact) mass is 446 g/mol. The summed E-state index contributed by atoms with van der Waals surface area (Å²) >= 11 is 0. The van der Waals surface area contributed by atoms with Crippen molar-refractivity contribution in [2.45, 2.75) is 98.7 Å². The molecule has 2 aliphatic carbocycles. The molecular formula is C24H38N4O4. The predicted molar refractivity (Wildman–Crippen MR) is 120 cm³/mol. The minimum atomic E-state index is -0.993. The van der Waals surface area contributed by atoms with Crippen LogP contribution in [0.2, 0.25) is 0 Å². The largest absolute Gasteiger partial charge is 0.494 e. The third-order valence-corrected chi connectivity index (χ3v) is 7.67. The first-order valence-electron chi connectivity index (χ1n) is 11.9. The summed E-state index contributed by atoms with van der Waals surface area (Å²) in [4.78, 5) is 31.4. The lowest BCUT2D eigenvalue weighted by molar-refractivity contribution is -0.155. The molecule has 0 aromatic heterocycles. The van der Waals surface area contributed by atoms with E-state index in [0.29, 0.717) is 37.0 Å². The number of hydrogen-bond donors (Lipinski definition) is 0. The van der Waals surface area contributed by atoms with Crippen molar-refractivity contribution in [3.8, 4) is 0 Å². The standard InChI is InChI=1S/C24H38N4O4/c1-14(2)18-10-9-16(5)12-19(18)32-23(30)21(28-26)20(27-25)22(29)31-17-8-7-11-24(6,13-17)15(3)4/h14-19H,7-13H2,1-6H3/t16-,17?,18+,19-,24?/m1/s1. The Hall–Kier alpha value is -2.30. The van der Waals surface area contributed by atoms with Gasteiger partial charge in [-0.05, 0) is 67.6 Å². The summed E-state index contributed by atoms with van der Waals surface area (Å²) in [6.45, 7) is 12.7. The zero-order valence-corrected chi connectivity index (χ0v) is 20.3. The molecule has 8 nitrogen and oxygen atoms in total. The number of rotatable bonds is 7. The van der Waals surface area contributed by atoms with Crippen LogP contribution >= 0.6 is 0 Å². The highest BCUT2D eigenvalue weighted by molar-refractivity contribution is 6.76. The number of hydrogen-bond acceptors (Lipinski definition) is 4. The highest BCUT2D eigenvalue weighted by Crippen LogP contribution is 2.43. The maximum atomic E-state index is 12.8. The molecular weight excluding hydrogens is 408 g/mol. The number of ether oxygens (including phenoxy) is 2. The second-order valence-electron chi connectivity index (χ2n) is 10.6. The molecule has 2 unspecified atom stereocenters. The Morgan fingerprint density at radius 1 is 0.969 bits per heavy atom. The fourth-order valence-electron chi connectivity index (χ4n) is 5.10. The van der Waals surface area contributed by atoms with Crippen LogP contribution in [0.4, 0.5) is 0 Å². The lowest BCUT2D eigenvalue weighted by Gasteiger charge is -2.40. The third-order valence-electron chi connectivity index (χ3n) is 7.67. The van der Waals surface area contributed by atoms with Crippen LogP contribution in [0.15, 0.2) is 0 Å². The van der Waals surface area contributed by atoms with Crippen LogP contribution in [-0.4, -0.2) is 45.1 Å². The van der Waals surface area contributed by atoms with Gasteiger partial charge < -0.3 is 20.5 Å². The van der Waals surface area contributed by atoms with Crippen molar-refractivity contribution in [3.63, 3.8) is 0 Å². The van der Waals surface area contributed by atoms with Crippen molar-refractivity contribution < 1.29 is 28.6 Å². The maximum absolute atomic E-state index is 12.8. The average molecular weight is 447 g/mol. The van der Waals surface area contributed by atoms with Crippen molar-refractivity contribution >= 4 is 23.4 Å². The Morgan fingerprint density at radius 3 is 2.09 bits per heavy atom. The van der Waals surface area contributed by atoms with Gasteiger partial charge in [0.1, 0.15) is 12.2 Å². The van der Waals surface area contributed by atoms with E-state index in [4.69, 9.17) is 9.47 Å². The van der Waals surface area contributed by atoms with Crippen molar-refractivity contribution in [2.75, 3.05) is 0 Å². The minimum absolute atomic E-state index is 0.0378. The van der Waals surface area contributed by atoms with Crippen LogP contribution in [0.25, 0.3) is 11.1 Å². The SMILES string of the molecule is CC(C)[C@@H]1CC[C@@H](C)C[C@H]1OC(=O)C(=[N+]=[N-])C(=[N+]=[N-])C(=O)OC1CCCC(C)(C(C)C)C1. The highest BCUT2D eigenvalue weighted by Gasteiger charge is 2.47. The highest BCUT2D eigenvalue weighted by atomic mass is 16.6. The molecule has 2 fully saturated rings. The van der Waals surface area contributed by atoms with E-state index in [0.717, 1.165) is 25.7 Å². The molecule has 2 saturated carbocycles. The fraction of sp³-hybridized carbons (Fsp3) is 0.833. The van der Waals surface area contributed by atoms with Gasteiger partial charge in [0, 0.05) is 0 Å². The Kier molecular flexibility index (Phi) is 8.94. The lowest BCUT2D eigenvalue weighted by atomic mass is 9.67. The van der Waals surface area contributed by atoms with E-state index in [-0.39, 0.29) is 23.5 Å². The van der Waals surface area contributed by atoms with E-state index >= 15 is 0 Å². The summed E-state index contributed by atoms with van der Waals surface area (Å²) in [5.41, 5.74) is 17.5. The Labute approximate surface area is 191 Å². The van der Waals surface area contributed by atoms with Crippen molar-refractivity contribution in [1.82, 2.24) is 0 Å². The molecule has 0 saturated heterocycles. The molecule has 32 heavy (non-hydrogen) atoms. The van der Waals surface area contributed by atoms with Gasteiger partial charge >= 0.3 is 23.4 Å². The van der Waals surface area contributed by atoms with Gasteiger partial charge in [-0.1, -0.05) is 48.0 Å². The second-order valence-corrected chi connectivity index (χ2v) is 10.6. The van der Waals surface area contributed by atoms with Gasteiger partial charge in [0.05, 0.1) is 0 Å². The Balaban J connectivity index is 2.11. The van der Waals surface area contributed by atoms with E-state index < -0.39 is 23.4 Å². The smallest absolute Gasteiger partial charge is 0.453 e. The Bertz CT molecular complexity index is 811. The summed E-state index contributed by atoms with van der Waals surface area (Å²) in [6.07, 6.45) is 5.31. The van der Waals surface area contributed by atoms with Gasteiger partial charge in [-0.15, -0.1) is 9.58 Å². The van der Waals surface area contributed by atoms with Crippen LogP contribution in [0.1, 0.15) is 86.5 Å². The summed E-state index contributed by atoms with van der Waals surface area (Å²) in [5, 5.41) is 0. The minimum Gasteiger partial charge on any atom is -0.453 e. The van der Waals surface area contributed by atoms with Gasteiger partial charge in [0.25, 0.3) is 0 Å². The van der Waals surface area contributed by atoms with Crippen LogP contribution in [0.5, 0.6) is 0 Å². The van der Waals surface area contributed by atoms with E-state index in [2.05, 4.69) is 51.1 Å². The molecule has 0 spiro atoms. The van der Waals surface area contributed by atoms with Gasteiger partial charge in [0.2, 0.25) is 0 Å². The lowest BCUT2D eigenvalue weighted by Crippen LogP contribution is -2.42. The first-order valence-corrected chi connectivity index (χ1v) is 11.9. The molecule has 2 rings (SSSR count). The molecule has 0 radical (unpaired) electrons. The molecule has 0 N–H and O–H groups in total. The molecule has 0 aromatic rings. The van der Waals surface area contributed by atoms with Crippen LogP contribution in [0.3, 0.4) is 0 Å². The topological polar surface area (TPSA) is 125 Å². The van der Waals surface area contributed by atoms with Crippen molar-refractivity contribution in [3.05, 3.63) is 11.1 Å². The van der Waals surface area contributed by atoms with Gasteiger partial charge in [-0.3, -0.25) is 0 Å². The molecule has 178 valence electrons. The summed E-state index contributed by atoms with van der Waals surface area (Å²) < 4.78 is 11.2. The summed E-state index contributed by atoms with van der Waals surface area (Å²) in [6, 6.07) is 0. The molecule has 8 heteroatoms. The van der Waals surface area contributed by atoms with Crippen LogP contribution in [-0.2, 0) is 19.1 Å². The van der Waals surface area contributed by atoms with Gasteiger partial charge in [-0.2, -0.15) is 0 Å². The molecule has 5 atom stereocenters. The summed E-state index contributed by atoms with van der Waals surface area (Å²) in [7, 11) is 0. The van der Waals surface area contributed by atoms with E-state index in [1.165, 1.54) is 0 Å². The zero-order valence-electron chi connectivity index (χ0n) is 20.3. The second kappa shape index (κ2) is 11.0. The number of carbonyl (C=O) groups excluding carboxylic acids is 2.